The molecule has 0 aliphatic heterocycles. The van der Waals surface area contributed by atoms with Gasteiger partial charge in [0, 0.05) is 11.1 Å². The lowest BCUT2D eigenvalue weighted by Crippen LogP contribution is -2.08. The van der Waals surface area contributed by atoms with Crippen LogP contribution in [0.25, 0.3) is 11.0 Å². The van der Waals surface area contributed by atoms with Crippen LogP contribution in [0.1, 0.15) is 11.3 Å². The first-order valence-electron chi connectivity index (χ1n) is 9.31. The molecule has 0 spiro atoms. The maximum absolute atomic E-state index is 13.0. The van der Waals surface area contributed by atoms with Crippen molar-refractivity contribution in [2.75, 3.05) is 7.11 Å². The number of ether oxygens (including phenoxy) is 3. The van der Waals surface area contributed by atoms with Gasteiger partial charge in [-0.15, -0.1) is 0 Å². The lowest BCUT2D eigenvalue weighted by Gasteiger charge is -2.12. The van der Waals surface area contributed by atoms with Crippen molar-refractivity contribution in [3.63, 3.8) is 0 Å². The molecule has 0 aliphatic carbocycles. The van der Waals surface area contributed by atoms with Crippen molar-refractivity contribution in [3.05, 3.63) is 93.3 Å². The summed E-state index contributed by atoms with van der Waals surface area (Å²) in [6.07, 6.45) is 0. The van der Waals surface area contributed by atoms with Crippen LogP contribution in [0.4, 0.5) is 0 Å². The summed E-state index contributed by atoms with van der Waals surface area (Å²) in [5.41, 5.74) is 1.11. The molecule has 4 rings (SSSR count). The third kappa shape index (κ3) is 4.11. The first-order valence-corrected chi connectivity index (χ1v) is 9.68. The Kier molecular flexibility index (Phi) is 5.63. The van der Waals surface area contributed by atoms with Gasteiger partial charge in [0.1, 0.15) is 23.7 Å². The SMILES string of the molecule is COc1ccccc1Oc1c(C)oc2cc(OCc3cccc(Cl)c3)ccc2c1=O. The lowest BCUT2D eigenvalue weighted by molar-refractivity contribution is 0.306. The van der Waals surface area contributed by atoms with E-state index in [1.807, 2.05) is 30.3 Å². The van der Waals surface area contributed by atoms with Gasteiger partial charge in [0.2, 0.25) is 11.2 Å². The Morgan fingerprint density at radius 1 is 0.967 bits per heavy atom. The van der Waals surface area contributed by atoms with Crippen LogP contribution in [0.15, 0.2) is 75.9 Å². The van der Waals surface area contributed by atoms with E-state index in [2.05, 4.69) is 0 Å². The monoisotopic (exact) mass is 422 g/mol. The van der Waals surface area contributed by atoms with Gasteiger partial charge in [-0.25, -0.2) is 0 Å². The fourth-order valence-corrected chi connectivity index (χ4v) is 3.30. The second-order valence-corrected chi connectivity index (χ2v) is 7.08. The molecule has 152 valence electrons. The lowest BCUT2D eigenvalue weighted by atomic mass is 10.2. The van der Waals surface area contributed by atoms with E-state index >= 15 is 0 Å². The number of fused-ring (bicyclic) bond motifs is 1. The van der Waals surface area contributed by atoms with Crippen LogP contribution in [0.2, 0.25) is 5.02 Å². The first kappa shape index (κ1) is 19.9. The van der Waals surface area contributed by atoms with Crippen molar-refractivity contribution >= 4 is 22.6 Å². The van der Waals surface area contributed by atoms with Crippen LogP contribution >= 0.6 is 11.6 Å². The number of aryl methyl sites for hydroxylation is 1. The predicted molar refractivity (Wildman–Crippen MR) is 116 cm³/mol. The van der Waals surface area contributed by atoms with Gasteiger partial charge in [-0.3, -0.25) is 4.79 Å². The average molecular weight is 423 g/mol. The third-order valence-corrected chi connectivity index (χ3v) is 4.80. The summed E-state index contributed by atoms with van der Waals surface area (Å²) in [5.74, 6) is 2.05. The number of para-hydroxylation sites is 2. The highest BCUT2D eigenvalue weighted by Gasteiger charge is 2.16. The molecule has 0 amide bonds. The van der Waals surface area contributed by atoms with Crippen molar-refractivity contribution in [3.8, 4) is 23.0 Å². The van der Waals surface area contributed by atoms with Crippen LogP contribution in [0.3, 0.4) is 0 Å². The minimum atomic E-state index is -0.263. The molecule has 0 saturated carbocycles. The van der Waals surface area contributed by atoms with E-state index in [0.29, 0.717) is 45.6 Å². The number of methoxy groups -OCH3 is 1. The third-order valence-electron chi connectivity index (χ3n) is 4.56. The van der Waals surface area contributed by atoms with Gasteiger partial charge in [-0.1, -0.05) is 35.9 Å². The number of hydrogen-bond acceptors (Lipinski definition) is 5. The Morgan fingerprint density at radius 2 is 1.77 bits per heavy atom. The molecule has 5 nitrogen and oxygen atoms in total. The number of rotatable bonds is 6. The highest BCUT2D eigenvalue weighted by atomic mass is 35.5. The largest absolute Gasteiger partial charge is 0.493 e. The van der Waals surface area contributed by atoms with E-state index in [0.717, 1.165) is 5.56 Å². The second kappa shape index (κ2) is 8.51. The van der Waals surface area contributed by atoms with Crippen LogP contribution < -0.4 is 19.6 Å². The van der Waals surface area contributed by atoms with E-state index in [9.17, 15) is 4.79 Å². The fraction of sp³-hybridized carbons (Fsp3) is 0.125. The minimum absolute atomic E-state index is 0.125. The normalized spacial score (nSPS) is 10.8. The average Bonchev–Trinajstić information content (AvgIpc) is 2.75. The molecule has 30 heavy (non-hydrogen) atoms. The van der Waals surface area contributed by atoms with Crippen LogP contribution in [-0.4, -0.2) is 7.11 Å². The zero-order valence-corrected chi connectivity index (χ0v) is 17.2. The van der Waals surface area contributed by atoms with E-state index in [4.69, 9.17) is 30.2 Å². The van der Waals surface area contributed by atoms with E-state index in [1.165, 1.54) is 0 Å². The Hall–Kier alpha value is -3.44. The smallest absolute Gasteiger partial charge is 0.235 e. The molecule has 0 unspecified atom stereocenters. The summed E-state index contributed by atoms with van der Waals surface area (Å²) in [6.45, 7) is 2.04. The molecule has 0 fully saturated rings. The highest BCUT2D eigenvalue weighted by Crippen LogP contribution is 2.32. The zero-order valence-electron chi connectivity index (χ0n) is 16.5. The van der Waals surface area contributed by atoms with Gasteiger partial charge in [-0.05, 0) is 48.9 Å². The minimum Gasteiger partial charge on any atom is -0.493 e. The van der Waals surface area contributed by atoms with E-state index in [-0.39, 0.29) is 11.2 Å². The van der Waals surface area contributed by atoms with Crippen LogP contribution in [0.5, 0.6) is 23.0 Å². The van der Waals surface area contributed by atoms with Gasteiger partial charge >= 0.3 is 0 Å². The summed E-state index contributed by atoms with van der Waals surface area (Å²) in [4.78, 5) is 13.0. The molecule has 0 saturated heterocycles. The zero-order chi connectivity index (χ0) is 21.1. The molecular formula is C24H19ClO5. The van der Waals surface area contributed by atoms with Crippen LogP contribution in [0, 0.1) is 6.92 Å². The van der Waals surface area contributed by atoms with E-state index < -0.39 is 0 Å². The number of benzene rings is 3. The molecule has 0 atom stereocenters. The number of hydrogen-bond donors (Lipinski definition) is 0. The quantitative estimate of drug-likeness (QED) is 0.374. The fourth-order valence-electron chi connectivity index (χ4n) is 3.08. The van der Waals surface area contributed by atoms with Crippen LogP contribution in [-0.2, 0) is 6.61 Å². The van der Waals surface area contributed by atoms with Gasteiger partial charge in [0.05, 0.1) is 12.5 Å². The standard InChI is InChI=1S/C24H19ClO5/c1-15-24(30-21-9-4-3-8-20(21)27-2)23(26)19-11-10-18(13-22(19)29-15)28-14-16-6-5-7-17(25)12-16/h3-13H,14H2,1-2H3. The van der Waals surface area contributed by atoms with Gasteiger partial charge in [0.25, 0.3) is 0 Å². The predicted octanol–water partition coefficient (Wildman–Crippen LogP) is 6.13. The maximum atomic E-state index is 13.0. The van der Waals surface area contributed by atoms with E-state index in [1.54, 1.807) is 50.4 Å². The number of halogens is 1. The summed E-state index contributed by atoms with van der Waals surface area (Å²) < 4.78 is 22.8. The molecule has 0 bridgehead atoms. The summed E-state index contributed by atoms with van der Waals surface area (Å²) in [5, 5.41) is 1.06. The maximum Gasteiger partial charge on any atom is 0.235 e. The molecule has 1 heterocycles. The Bertz CT molecular complexity index is 1260. The Balaban J connectivity index is 1.63. The van der Waals surface area contributed by atoms with Crippen molar-refractivity contribution in [2.45, 2.75) is 13.5 Å². The van der Waals surface area contributed by atoms with Gasteiger partial charge in [0.15, 0.2) is 11.5 Å². The Labute approximate surface area is 178 Å². The molecule has 1 aromatic heterocycles. The summed E-state index contributed by atoms with van der Waals surface area (Å²) in [6, 6.07) is 19.7. The molecule has 6 heteroatoms. The molecule has 0 aliphatic rings. The Morgan fingerprint density at radius 3 is 2.53 bits per heavy atom. The first-order chi connectivity index (χ1) is 14.5. The van der Waals surface area contributed by atoms with Gasteiger partial charge < -0.3 is 18.6 Å². The topological polar surface area (TPSA) is 57.9 Å². The second-order valence-electron chi connectivity index (χ2n) is 6.65. The summed E-state index contributed by atoms with van der Waals surface area (Å²) >= 11 is 6.01. The molecular weight excluding hydrogens is 404 g/mol. The van der Waals surface area contributed by atoms with Crippen molar-refractivity contribution in [1.82, 2.24) is 0 Å². The summed E-state index contributed by atoms with van der Waals surface area (Å²) in [7, 11) is 1.54. The van der Waals surface area contributed by atoms with Gasteiger partial charge in [-0.2, -0.15) is 0 Å². The molecule has 3 aromatic carbocycles. The van der Waals surface area contributed by atoms with Crippen molar-refractivity contribution < 1.29 is 18.6 Å². The van der Waals surface area contributed by atoms with Crippen molar-refractivity contribution in [2.24, 2.45) is 0 Å². The molecule has 0 N–H and O–H groups in total. The molecule has 0 radical (unpaired) electrons. The van der Waals surface area contributed by atoms with Crippen molar-refractivity contribution in [1.29, 1.82) is 0 Å². The molecule has 4 aromatic rings. The highest BCUT2D eigenvalue weighted by molar-refractivity contribution is 6.30.